The van der Waals surface area contributed by atoms with Crippen LogP contribution in [-0.2, 0) is 18.4 Å². The van der Waals surface area contributed by atoms with Gasteiger partial charge in [0, 0.05) is 37.8 Å². The van der Waals surface area contributed by atoms with Gasteiger partial charge in [-0.25, -0.2) is 4.98 Å². The lowest BCUT2D eigenvalue weighted by molar-refractivity contribution is 0.185. The minimum absolute atomic E-state index is 0.591. The molecule has 0 saturated heterocycles. The third-order valence-electron chi connectivity index (χ3n) is 2.38. The van der Waals surface area contributed by atoms with Crippen molar-refractivity contribution in [2.24, 2.45) is 7.05 Å². The molecule has 0 aliphatic heterocycles. The van der Waals surface area contributed by atoms with Gasteiger partial charge in [-0.1, -0.05) is 18.2 Å². The van der Waals surface area contributed by atoms with Crippen LogP contribution < -0.4 is 5.32 Å². The lowest BCUT2D eigenvalue weighted by Crippen LogP contribution is -2.01. The van der Waals surface area contributed by atoms with Crippen molar-refractivity contribution in [2.75, 3.05) is 12.4 Å². The first-order valence-electron chi connectivity index (χ1n) is 5.12. The first kappa shape index (κ1) is 10.7. The summed E-state index contributed by atoms with van der Waals surface area (Å²) in [6, 6.07) is 8.04. The highest BCUT2D eigenvalue weighted by molar-refractivity contribution is 5.58. The van der Waals surface area contributed by atoms with E-state index in [0.717, 1.165) is 17.2 Å². The quantitative estimate of drug-likeness (QED) is 0.854. The van der Waals surface area contributed by atoms with Gasteiger partial charge in [0.15, 0.2) is 0 Å². The normalized spacial score (nSPS) is 10.4. The summed E-state index contributed by atoms with van der Waals surface area (Å²) in [7, 11) is 3.64. The largest absolute Gasteiger partial charge is 0.380 e. The molecule has 84 valence electrons. The lowest BCUT2D eigenvalue weighted by Gasteiger charge is -2.10. The molecule has 1 aromatic carbocycles. The molecule has 4 nitrogen and oxygen atoms in total. The van der Waals surface area contributed by atoms with E-state index in [0.29, 0.717) is 6.61 Å². The zero-order valence-corrected chi connectivity index (χ0v) is 9.47. The van der Waals surface area contributed by atoms with E-state index in [1.165, 1.54) is 0 Å². The van der Waals surface area contributed by atoms with E-state index in [4.69, 9.17) is 4.74 Å². The first-order valence-corrected chi connectivity index (χ1v) is 5.12. The number of rotatable bonds is 4. The third-order valence-corrected chi connectivity index (χ3v) is 2.38. The Labute approximate surface area is 94.9 Å². The smallest absolute Gasteiger partial charge is 0.207 e. The van der Waals surface area contributed by atoms with Gasteiger partial charge in [0.05, 0.1) is 6.61 Å². The molecule has 4 heteroatoms. The van der Waals surface area contributed by atoms with Crippen molar-refractivity contribution in [1.29, 1.82) is 0 Å². The average Bonchev–Trinajstić information content (AvgIpc) is 2.68. The molecular weight excluding hydrogens is 202 g/mol. The minimum atomic E-state index is 0.591. The van der Waals surface area contributed by atoms with E-state index in [1.54, 1.807) is 13.3 Å². The van der Waals surface area contributed by atoms with Crippen LogP contribution in [0.1, 0.15) is 5.56 Å². The van der Waals surface area contributed by atoms with Gasteiger partial charge in [-0.05, 0) is 6.07 Å². The van der Waals surface area contributed by atoms with Crippen molar-refractivity contribution < 1.29 is 4.74 Å². The second-order valence-electron chi connectivity index (χ2n) is 3.58. The topological polar surface area (TPSA) is 39.1 Å². The Bertz CT molecular complexity index is 465. The molecule has 0 atom stereocenters. The van der Waals surface area contributed by atoms with Crippen molar-refractivity contribution >= 4 is 11.6 Å². The monoisotopic (exact) mass is 217 g/mol. The molecule has 0 aliphatic carbocycles. The molecule has 0 amide bonds. The van der Waals surface area contributed by atoms with Crippen LogP contribution >= 0.6 is 0 Å². The second kappa shape index (κ2) is 4.81. The Balaban J connectivity index is 2.24. The summed E-state index contributed by atoms with van der Waals surface area (Å²) in [5.41, 5.74) is 2.15. The Morgan fingerprint density at radius 2 is 2.19 bits per heavy atom. The van der Waals surface area contributed by atoms with Crippen LogP contribution in [0.4, 0.5) is 11.6 Å². The van der Waals surface area contributed by atoms with E-state index < -0.39 is 0 Å². The first-order chi connectivity index (χ1) is 7.81. The standard InChI is InChI=1S/C12H15N3O/c1-15-8-7-13-12(15)14-11-6-4-3-5-10(11)9-16-2/h3-8H,9H2,1-2H3,(H,13,14). The van der Waals surface area contributed by atoms with Crippen LogP contribution in [-0.4, -0.2) is 16.7 Å². The highest BCUT2D eigenvalue weighted by atomic mass is 16.5. The second-order valence-corrected chi connectivity index (χ2v) is 3.58. The molecule has 0 unspecified atom stereocenters. The van der Waals surface area contributed by atoms with E-state index >= 15 is 0 Å². The van der Waals surface area contributed by atoms with Crippen molar-refractivity contribution in [3.63, 3.8) is 0 Å². The Kier molecular flexibility index (Phi) is 3.22. The zero-order chi connectivity index (χ0) is 11.4. The van der Waals surface area contributed by atoms with Crippen molar-refractivity contribution in [3.8, 4) is 0 Å². The molecule has 1 aromatic heterocycles. The number of aromatic nitrogens is 2. The SMILES string of the molecule is COCc1ccccc1Nc1nccn1C. The molecule has 1 N–H and O–H groups in total. The highest BCUT2D eigenvalue weighted by Gasteiger charge is 2.04. The lowest BCUT2D eigenvalue weighted by atomic mass is 10.2. The van der Waals surface area contributed by atoms with Crippen LogP contribution in [0.15, 0.2) is 36.7 Å². The number of imidazole rings is 1. The minimum Gasteiger partial charge on any atom is -0.380 e. The van der Waals surface area contributed by atoms with Crippen molar-refractivity contribution in [3.05, 3.63) is 42.2 Å². The van der Waals surface area contributed by atoms with E-state index in [-0.39, 0.29) is 0 Å². The highest BCUT2D eigenvalue weighted by Crippen LogP contribution is 2.19. The average molecular weight is 217 g/mol. The maximum atomic E-state index is 5.15. The van der Waals surface area contributed by atoms with Gasteiger partial charge in [0.2, 0.25) is 5.95 Å². The fourth-order valence-electron chi connectivity index (χ4n) is 1.53. The number of ether oxygens (including phenoxy) is 1. The van der Waals surface area contributed by atoms with Gasteiger partial charge in [0.1, 0.15) is 0 Å². The Morgan fingerprint density at radius 1 is 1.38 bits per heavy atom. The zero-order valence-electron chi connectivity index (χ0n) is 9.47. The predicted molar refractivity (Wildman–Crippen MR) is 63.6 cm³/mol. The summed E-state index contributed by atoms with van der Waals surface area (Å²) in [4.78, 5) is 4.22. The summed E-state index contributed by atoms with van der Waals surface area (Å²) >= 11 is 0. The van der Waals surface area contributed by atoms with Gasteiger partial charge in [0.25, 0.3) is 0 Å². The molecule has 1 heterocycles. The van der Waals surface area contributed by atoms with Crippen LogP contribution in [0.2, 0.25) is 0 Å². The molecule has 0 bridgehead atoms. The van der Waals surface area contributed by atoms with Crippen LogP contribution in [0, 0.1) is 0 Å². The number of methoxy groups -OCH3 is 1. The summed E-state index contributed by atoms with van der Waals surface area (Å²) < 4.78 is 7.08. The molecule has 0 spiro atoms. The van der Waals surface area contributed by atoms with Gasteiger partial charge in [-0.15, -0.1) is 0 Å². The number of benzene rings is 1. The van der Waals surface area contributed by atoms with Crippen LogP contribution in [0.25, 0.3) is 0 Å². The fraction of sp³-hybridized carbons (Fsp3) is 0.250. The number of nitrogens with zero attached hydrogens (tertiary/aromatic N) is 2. The Morgan fingerprint density at radius 3 is 2.88 bits per heavy atom. The number of anilines is 2. The van der Waals surface area contributed by atoms with Gasteiger partial charge < -0.3 is 14.6 Å². The third kappa shape index (κ3) is 2.23. The fourth-order valence-corrected chi connectivity index (χ4v) is 1.53. The number of nitrogens with one attached hydrogen (secondary N) is 1. The molecule has 2 rings (SSSR count). The van der Waals surface area contributed by atoms with Crippen LogP contribution in [0.3, 0.4) is 0 Å². The van der Waals surface area contributed by atoms with E-state index in [2.05, 4.69) is 10.3 Å². The summed E-state index contributed by atoms with van der Waals surface area (Å²) in [6.45, 7) is 0.591. The molecular formula is C12H15N3O. The Hall–Kier alpha value is -1.81. The van der Waals surface area contributed by atoms with Crippen molar-refractivity contribution in [1.82, 2.24) is 9.55 Å². The number of hydrogen-bond acceptors (Lipinski definition) is 3. The van der Waals surface area contributed by atoms with Crippen LogP contribution in [0.5, 0.6) is 0 Å². The van der Waals surface area contributed by atoms with E-state index in [1.807, 2.05) is 42.1 Å². The molecule has 0 radical (unpaired) electrons. The molecule has 0 fully saturated rings. The molecule has 2 aromatic rings. The summed E-state index contributed by atoms with van der Waals surface area (Å²) in [5, 5.41) is 3.28. The van der Waals surface area contributed by atoms with Crippen molar-refractivity contribution in [2.45, 2.75) is 6.61 Å². The van der Waals surface area contributed by atoms with Gasteiger partial charge in [-0.2, -0.15) is 0 Å². The molecule has 0 aliphatic rings. The predicted octanol–water partition coefficient (Wildman–Crippen LogP) is 2.31. The number of aryl methyl sites for hydroxylation is 1. The number of hydrogen-bond donors (Lipinski definition) is 1. The van der Waals surface area contributed by atoms with Gasteiger partial charge >= 0.3 is 0 Å². The summed E-state index contributed by atoms with van der Waals surface area (Å²) in [6.07, 6.45) is 3.67. The maximum Gasteiger partial charge on any atom is 0.207 e. The van der Waals surface area contributed by atoms with Gasteiger partial charge in [-0.3, -0.25) is 0 Å². The number of para-hydroxylation sites is 1. The molecule has 0 saturated carbocycles. The van der Waals surface area contributed by atoms with E-state index in [9.17, 15) is 0 Å². The summed E-state index contributed by atoms with van der Waals surface area (Å²) in [5.74, 6) is 0.823. The maximum absolute atomic E-state index is 5.15. The molecule has 16 heavy (non-hydrogen) atoms.